The van der Waals surface area contributed by atoms with Gasteiger partial charge < -0.3 is 19.3 Å². The highest BCUT2D eigenvalue weighted by Gasteiger charge is 2.36. The maximum atomic E-state index is 13.1. The summed E-state index contributed by atoms with van der Waals surface area (Å²) in [5.41, 5.74) is 1.85. The number of hydrogen-bond donors (Lipinski definition) is 0. The molecule has 2 aliphatic rings. The first-order chi connectivity index (χ1) is 19.5. The molecule has 0 saturated carbocycles. The molecule has 2 saturated heterocycles. The van der Waals surface area contributed by atoms with Crippen molar-refractivity contribution in [2.75, 3.05) is 51.3 Å². The first-order valence-electron chi connectivity index (χ1n) is 13.2. The molecule has 0 bridgehead atoms. The molecule has 11 heteroatoms. The Kier molecular flexibility index (Phi) is 12.3. The van der Waals surface area contributed by atoms with E-state index in [4.69, 9.17) is 14.7 Å². The van der Waals surface area contributed by atoms with E-state index in [9.17, 15) is 9.59 Å². The minimum Gasteiger partial charge on any atom is -0.494 e. The monoisotopic (exact) mass is 626 g/mol. The number of piperazine rings is 1. The molecular formula is C31H32Cl2N4O4S. The van der Waals surface area contributed by atoms with Crippen LogP contribution in [0.25, 0.3) is 6.08 Å². The van der Waals surface area contributed by atoms with Crippen LogP contribution in [0.3, 0.4) is 0 Å². The number of likely N-dealkylation sites (N-methyl/N-ethyl adjacent to an activating group) is 1. The van der Waals surface area contributed by atoms with Gasteiger partial charge in [-0.1, -0.05) is 12.1 Å². The molecule has 2 heterocycles. The number of nitriles is 1. The molecule has 0 unspecified atom stereocenters. The van der Waals surface area contributed by atoms with Crippen molar-refractivity contribution in [2.45, 2.75) is 6.42 Å². The van der Waals surface area contributed by atoms with Gasteiger partial charge in [0, 0.05) is 32.7 Å². The van der Waals surface area contributed by atoms with Crippen LogP contribution in [-0.4, -0.2) is 67.3 Å². The van der Waals surface area contributed by atoms with E-state index >= 15 is 0 Å². The van der Waals surface area contributed by atoms with E-state index in [1.807, 2.05) is 12.1 Å². The van der Waals surface area contributed by atoms with Gasteiger partial charge in [0.25, 0.3) is 11.1 Å². The van der Waals surface area contributed by atoms with Crippen molar-refractivity contribution in [2.24, 2.45) is 0 Å². The van der Waals surface area contributed by atoms with Gasteiger partial charge in [0.05, 0.1) is 28.8 Å². The van der Waals surface area contributed by atoms with Crippen molar-refractivity contribution >= 4 is 59.5 Å². The summed E-state index contributed by atoms with van der Waals surface area (Å²) in [5.74, 6) is 1.60. The Hall–Kier alpha value is -3.52. The molecular weight excluding hydrogens is 595 g/mol. The Labute approximate surface area is 262 Å². The van der Waals surface area contributed by atoms with Gasteiger partial charge in [0.15, 0.2) is 0 Å². The highest BCUT2D eigenvalue weighted by atomic mass is 35.5. The molecule has 8 nitrogen and oxygen atoms in total. The molecule has 0 N–H and O–H groups in total. The van der Waals surface area contributed by atoms with Crippen LogP contribution >= 0.6 is 36.6 Å². The standard InChI is InChI=1S/C31H30N4O4S.2ClH/c1-33-16-18-34(19-17-33)15-2-20-38-26-13-7-25(8-14-26)35-30(36)29(40-31(35)37)21-23-3-9-27(10-4-23)39-28-11-5-24(22-32)6-12-28;;/h3-14,21H,2,15-20H2,1H3;2*1H. The summed E-state index contributed by atoms with van der Waals surface area (Å²) >= 11 is 0.918. The number of benzene rings is 3. The first kappa shape index (κ1) is 33.0. The van der Waals surface area contributed by atoms with Crippen LogP contribution in [0.4, 0.5) is 10.5 Å². The molecule has 0 aromatic heterocycles. The van der Waals surface area contributed by atoms with E-state index in [0.717, 1.165) is 56.5 Å². The van der Waals surface area contributed by atoms with E-state index in [1.165, 1.54) is 4.90 Å². The van der Waals surface area contributed by atoms with Crippen molar-refractivity contribution in [1.29, 1.82) is 5.26 Å². The molecule has 0 atom stereocenters. The number of halogens is 2. The van der Waals surface area contributed by atoms with Gasteiger partial charge >= 0.3 is 0 Å². The zero-order chi connectivity index (χ0) is 27.9. The zero-order valence-corrected chi connectivity index (χ0v) is 25.6. The van der Waals surface area contributed by atoms with Crippen LogP contribution < -0.4 is 14.4 Å². The summed E-state index contributed by atoms with van der Waals surface area (Å²) in [4.78, 5) is 32.1. The van der Waals surface area contributed by atoms with Crippen LogP contribution in [0, 0.1) is 11.3 Å². The third-order valence-corrected chi connectivity index (χ3v) is 7.64. The quantitative estimate of drug-likeness (QED) is 0.198. The SMILES string of the molecule is CN1CCN(CCCOc2ccc(N3C(=O)SC(=Cc4ccc(Oc5ccc(C#N)cc5)cc4)C3=O)cc2)CC1.Cl.Cl. The van der Waals surface area contributed by atoms with Crippen LogP contribution in [0.5, 0.6) is 17.2 Å². The van der Waals surface area contributed by atoms with E-state index < -0.39 is 0 Å². The fraction of sp³-hybridized carbons (Fsp3) is 0.258. The summed E-state index contributed by atoms with van der Waals surface area (Å²) < 4.78 is 11.7. The molecule has 3 aromatic rings. The van der Waals surface area contributed by atoms with Gasteiger partial charge in [-0.25, -0.2) is 4.90 Å². The number of hydrogen-bond acceptors (Lipinski definition) is 8. The molecule has 0 radical (unpaired) electrons. The number of amides is 2. The highest BCUT2D eigenvalue weighted by Crippen LogP contribution is 2.36. The topological polar surface area (TPSA) is 86.1 Å². The number of anilines is 1. The lowest BCUT2D eigenvalue weighted by atomic mass is 10.2. The average Bonchev–Trinajstić information content (AvgIpc) is 3.26. The van der Waals surface area contributed by atoms with Crippen molar-refractivity contribution in [3.63, 3.8) is 0 Å². The molecule has 42 heavy (non-hydrogen) atoms. The minimum atomic E-state index is -0.353. The van der Waals surface area contributed by atoms with Crippen LogP contribution in [-0.2, 0) is 4.79 Å². The fourth-order valence-corrected chi connectivity index (χ4v) is 5.29. The maximum absolute atomic E-state index is 13.1. The van der Waals surface area contributed by atoms with E-state index in [1.54, 1.807) is 66.7 Å². The summed E-state index contributed by atoms with van der Waals surface area (Å²) in [7, 11) is 2.15. The number of ether oxygens (including phenoxy) is 2. The van der Waals surface area contributed by atoms with Crippen molar-refractivity contribution < 1.29 is 19.1 Å². The third kappa shape index (κ3) is 8.51. The third-order valence-electron chi connectivity index (χ3n) is 6.77. The number of imide groups is 1. The molecule has 3 aromatic carbocycles. The van der Waals surface area contributed by atoms with E-state index in [2.05, 4.69) is 22.9 Å². The molecule has 0 spiro atoms. The van der Waals surface area contributed by atoms with Crippen LogP contribution in [0.2, 0.25) is 0 Å². The lowest BCUT2D eigenvalue weighted by Gasteiger charge is -2.32. The molecule has 0 aliphatic carbocycles. The predicted molar refractivity (Wildman–Crippen MR) is 171 cm³/mol. The van der Waals surface area contributed by atoms with Gasteiger partial charge in [0.2, 0.25) is 0 Å². The van der Waals surface area contributed by atoms with Gasteiger partial charge in [-0.3, -0.25) is 9.59 Å². The van der Waals surface area contributed by atoms with E-state index in [0.29, 0.717) is 40.0 Å². The molecule has 2 aliphatic heterocycles. The van der Waals surface area contributed by atoms with Gasteiger partial charge in [-0.05, 0) is 97.5 Å². The Bertz CT molecular complexity index is 1420. The Balaban J connectivity index is 0.00000242. The number of rotatable bonds is 9. The van der Waals surface area contributed by atoms with Crippen molar-refractivity contribution in [3.8, 4) is 23.3 Å². The molecule has 2 fully saturated rings. The van der Waals surface area contributed by atoms with E-state index in [-0.39, 0.29) is 36.0 Å². The smallest absolute Gasteiger partial charge is 0.298 e. The molecule has 2 amide bonds. The second-order valence-electron chi connectivity index (χ2n) is 9.67. The molecule has 5 rings (SSSR count). The largest absolute Gasteiger partial charge is 0.494 e. The summed E-state index contributed by atoms with van der Waals surface area (Å²) in [6, 6.07) is 23.2. The lowest BCUT2D eigenvalue weighted by Crippen LogP contribution is -2.44. The molecule has 220 valence electrons. The summed E-state index contributed by atoms with van der Waals surface area (Å²) in [6.07, 6.45) is 2.65. The Morgan fingerprint density at radius 1 is 0.857 bits per heavy atom. The second kappa shape index (κ2) is 15.6. The Morgan fingerprint density at radius 3 is 2.07 bits per heavy atom. The summed E-state index contributed by atoms with van der Waals surface area (Å²) in [6.45, 7) is 6.03. The van der Waals surface area contributed by atoms with Gasteiger partial charge in [-0.2, -0.15) is 5.26 Å². The first-order valence-corrected chi connectivity index (χ1v) is 14.0. The van der Waals surface area contributed by atoms with Crippen LogP contribution in [0.1, 0.15) is 17.5 Å². The zero-order valence-electron chi connectivity index (χ0n) is 23.1. The van der Waals surface area contributed by atoms with Crippen molar-refractivity contribution in [3.05, 3.63) is 88.8 Å². The maximum Gasteiger partial charge on any atom is 0.298 e. The normalized spacial score (nSPS) is 16.5. The van der Waals surface area contributed by atoms with Gasteiger partial charge in [-0.15, -0.1) is 24.8 Å². The number of nitrogens with zero attached hydrogens (tertiary/aromatic N) is 4. The van der Waals surface area contributed by atoms with Crippen LogP contribution in [0.15, 0.2) is 77.7 Å². The lowest BCUT2D eigenvalue weighted by molar-refractivity contribution is -0.113. The minimum absolute atomic E-state index is 0. The average molecular weight is 628 g/mol. The number of thioether (sulfide) groups is 1. The van der Waals surface area contributed by atoms with Gasteiger partial charge in [0.1, 0.15) is 17.2 Å². The second-order valence-corrected chi connectivity index (χ2v) is 10.7. The predicted octanol–water partition coefficient (Wildman–Crippen LogP) is 6.45. The number of carbonyl (C=O) groups is 2. The Morgan fingerprint density at radius 2 is 1.45 bits per heavy atom. The number of carbonyl (C=O) groups excluding carboxylic acids is 2. The summed E-state index contributed by atoms with van der Waals surface area (Å²) in [5, 5.41) is 8.58. The van der Waals surface area contributed by atoms with Crippen molar-refractivity contribution in [1.82, 2.24) is 9.80 Å². The fourth-order valence-electron chi connectivity index (χ4n) is 4.45. The highest BCUT2D eigenvalue weighted by molar-refractivity contribution is 8.19.